The summed E-state index contributed by atoms with van der Waals surface area (Å²) in [5, 5.41) is 3.45. The molecule has 3 rings (SSSR count). The Morgan fingerprint density at radius 2 is 2.35 bits per heavy atom. The number of ether oxygens (including phenoxy) is 1. The van der Waals surface area contributed by atoms with Crippen molar-refractivity contribution in [3.63, 3.8) is 0 Å². The lowest BCUT2D eigenvalue weighted by Crippen LogP contribution is -2.63. The van der Waals surface area contributed by atoms with Crippen molar-refractivity contribution in [2.75, 3.05) is 6.61 Å². The van der Waals surface area contributed by atoms with E-state index in [9.17, 15) is 4.79 Å². The molecular weight excluding hydrogens is 296 g/mol. The third-order valence-corrected chi connectivity index (χ3v) is 5.95. The summed E-state index contributed by atoms with van der Waals surface area (Å²) in [4.78, 5) is 16.7. The monoisotopic (exact) mass is 314 g/mol. The van der Waals surface area contributed by atoms with Gasteiger partial charge in [0.05, 0.1) is 11.6 Å². The van der Waals surface area contributed by atoms with E-state index in [1.807, 2.05) is 6.92 Å². The van der Waals surface area contributed by atoms with E-state index in [-0.39, 0.29) is 17.4 Å². The summed E-state index contributed by atoms with van der Waals surface area (Å²) in [5.74, 6) is -0.0938. The van der Waals surface area contributed by atoms with Crippen molar-refractivity contribution in [3.8, 4) is 0 Å². The molecule has 2 fully saturated rings. The molecule has 0 radical (unpaired) electrons. The molecule has 0 bridgehead atoms. The van der Waals surface area contributed by atoms with Gasteiger partial charge in [-0.1, -0.05) is 24.4 Å². The molecule has 1 heterocycles. The first kappa shape index (κ1) is 14.3. The van der Waals surface area contributed by atoms with Gasteiger partial charge in [0.2, 0.25) is 0 Å². The smallest absolute Gasteiger partial charge is 0.264 e. The highest BCUT2D eigenvalue weighted by atomic mass is 35.5. The average Bonchev–Trinajstić information content (AvgIpc) is 3.07. The van der Waals surface area contributed by atoms with E-state index in [1.165, 1.54) is 24.2 Å². The molecule has 1 amide bonds. The molecule has 0 unspecified atom stereocenters. The van der Waals surface area contributed by atoms with Crippen LogP contribution in [-0.2, 0) is 4.74 Å². The van der Waals surface area contributed by atoms with Gasteiger partial charge in [0.25, 0.3) is 5.91 Å². The molecule has 0 saturated heterocycles. The third kappa shape index (κ3) is 2.26. The number of halogens is 1. The standard InChI is InChI=1S/C14H19ClN2O2S/c1-2-19-10-7-9(14(10)5-3-4-6-14)17-13(18)11-12(15)16-8-20-11/h8-10H,2-7H2,1H3,(H,17,18)/t9-,10+/m1/s1. The second-order valence-electron chi connectivity index (χ2n) is 5.62. The van der Waals surface area contributed by atoms with Crippen molar-refractivity contribution < 1.29 is 9.53 Å². The van der Waals surface area contributed by atoms with Crippen LogP contribution >= 0.6 is 22.9 Å². The Labute approximate surface area is 127 Å². The van der Waals surface area contributed by atoms with Crippen LogP contribution in [0.2, 0.25) is 5.15 Å². The summed E-state index contributed by atoms with van der Waals surface area (Å²) in [6.07, 6.45) is 5.99. The number of nitrogens with zero attached hydrogens (tertiary/aromatic N) is 1. The Balaban J connectivity index is 1.69. The minimum absolute atomic E-state index is 0.0938. The highest BCUT2D eigenvalue weighted by Crippen LogP contribution is 2.54. The summed E-state index contributed by atoms with van der Waals surface area (Å²) >= 11 is 7.21. The van der Waals surface area contributed by atoms with E-state index in [0.717, 1.165) is 25.9 Å². The Kier molecular flexibility index (Phi) is 4.02. The van der Waals surface area contributed by atoms with Crippen LogP contribution in [0.25, 0.3) is 0 Å². The summed E-state index contributed by atoms with van der Waals surface area (Å²) in [5.41, 5.74) is 1.76. The van der Waals surface area contributed by atoms with Gasteiger partial charge in [0.15, 0.2) is 5.15 Å². The number of nitrogens with one attached hydrogen (secondary N) is 1. The van der Waals surface area contributed by atoms with Crippen molar-refractivity contribution in [3.05, 3.63) is 15.5 Å². The summed E-state index contributed by atoms with van der Waals surface area (Å²) < 4.78 is 5.85. The third-order valence-electron chi connectivity index (χ3n) is 4.72. The number of aromatic nitrogens is 1. The number of amides is 1. The molecule has 2 aliphatic carbocycles. The van der Waals surface area contributed by atoms with Gasteiger partial charge in [-0.3, -0.25) is 4.79 Å². The highest BCUT2D eigenvalue weighted by Gasteiger charge is 2.57. The van der Waals surface area contributed by atoms with Gasteiger partial charge in [-0.15, -0.1) is 11.3 Å². The fraction of sp³-hybridized carbons (Fsp3) is 0.714. The maximum atomic E-state index is 12.3. The first-order valence-electron chi connectivity index (χ1n) is 7.19. The zero-order chi connectivity index (χ0) is 14.2. The number of thiazole rings is 1. The van der Waals surface area contributed by atoms with Crippen LogP contribution < -0.4 is 5.32 Å². The number of hydrogen-bond acceptors (Lipinski definition) is 4. The minimum atomic E-state index is -0.0938. The number of hydrogen-bond donors (Lipinski definition) is 1. The van der Waals surface area contributed by atoms with Gasteiger partial charge in [-0.05, 0) is 26.2 Å². The summed E-state index contributed by atoms with van der Waals surface area (Å²) in [6.45, 7) is 2.78. The quantitative estimate of drug-likeness (QED) is 0.928. The first-order valence-corrected chi connectivity index (χ1v) is 8.44. The van der Waals surface area contributed by atoms with Gasteiger partial charge in [-0.2, -0.15) is 0 Å². The molecule has 4 nitrogen and oxygen atoms in total. The Morgan fingerprint density at radius 1 is 1.60 bits per heavy atom. The van der Waals surface area contributed by atoms with Crippen molar-refractivity contribution in [1.82, 2.24) is 10.3 Å². The minimum Gasteiger partial charge on any atom is -0.378 e. The van der Waals surface area contributed by atoms with E-state index >= 15 is 0 Å². The first-order chi connectivity index (χ1) is 9.67. The van der Waals surface area contributed by atoms with Crippen molar-refractivity contribution in [2.45, 2.75) is 51.2 Å². The van der Waals surface area contributed by atoms with Crippen LogP contribution in [0.5, 0.6) is 0 Å². The van der Waals surface area contributed by atoms with Gasteiger partial charge in [0.1, 0.15) is 4.88 Å². The second-order valence-corrected chi connectivity index (χ2v) is 6.83. The molecule has 0 aliphatic heterocycles. The summed E-state index contributed by atoms with van der Waals surface area (Å²) in [7, 11) is 0. The molecular formula is C14H19ClN2O2S. The molecule has 1 aromatic heterocycles. The van der Waals surface area contributed by atoms with Gasteiger partial charge < -0.3 is 10.1 Å². The number of carbonyl (C=O) groups is 1. The number of carbonyl (C=O) groups excluding carboxylic acids is 1. The number of rotatable bonds is 4. The average molecular weight is 315 g/mol. The molecule has 6 heteroatoms. The normalized spacial score (nSPS) is 27.5. The second kappa shape index (κ2) is 5.62. The Morgan fingerprint density at radius 3 is 2.95 bits per heavy atom. The summed E-state index contributed by atoms with van der Waals surface area (Å²) in [6, 6.07) is 0.215. The fourth-order valence-electron chi connectivity index (χ4n) is 3.69. The largest absolute Gasteiger partial charge is 0.378 e. The van der Waals surface area contributed by atoms with Crippen molar-refractivity contribution >= 4 is 28.8 Å². The maximum Gasteiger partial charge on any atom is 0.264 e. The van der Waals surface area contributed by atoms with E-state index in [2.05, 4.69) is 10.3 Å². The molecule has 2 aliphatic rings. The molecule has 2 atom stereocenters. The van der Waals surface area contributed by atoms with Gasteiger partial charge in [0, 0.05) is 18.1 Å². The van der Waals surface area contributed by atoms with Crippen molar-refractivity contribution in [2.24, 2.45) is 5.41 Å². The van der Waals surface area contributed by atoms with Crippen LogP contribution in [0, 0.1) is 5.41 Å². The zero-order valence-electron chi connectivity index (χ0n) is 11.5. The lowest BCUT2D eigenvalue weighted by atomic mass is 9.60. The predicted molar refractivity (Wildman–Crippen MR) is 79.3 cm³/mol. The van der Waals surface area contributed by atoms with E-state index in [1.54, 1.807) is 5.51 Å². The van der Waals surface area contributed by atoms with Crippen LogP contribution in [-0.4, -0.2) is 29.6 Å². The fourth-order valence-corrected chi connectivity index (χ4v) is 4.60. The van der Waals surface area contributed by atoms with Crippen LogP contribution in [0.15, 0.2) is 5.51 Å². The van der Waals surface area contributed by atoms with Crippen molar-refractivity contribution in [1.29, 1.82) is 0 Å². The lowest BCUT2D eigenvalue weighted by Gasteiger charge is -2.54. The molecule has 2 saturated carbocycles. The molecule has 1 spiro atoms. The molecule has 110 valence electrons. The van der Waals surface area contributed by atoms with E-state index in [0.29, 0.717) is 16.1 Å². The van der Waals surface area contributed by atoms with Crippen LogP contribution in [0.4, 0.5) is 0 Å². The van der Waals surface area contributed by atoms with E-state index in [4.69, 9.17) is 16.3 Å². The molecule has 20 heavy (non-hydrogen) atoms. The van der Waals surface area contributed by atoms with Crippen LogP contribution in [0.1, 0.15) is 48.7 Å². The SMILES string of the molecule is CCO[C@H]1C[C@@H](NC(=O)c2scnc2Cl)C12CCCC2. The van der Waals surface area contributed by atoms with E-state index < -0.39 is 0 Å². The van der Waals surface area contributed by atoms with Gasteiger partial charge >= 0.3 is 0 Å². The molecule has 0 aromatic carbocycles. The van der Waals surface area contributed by atoms with Gasteiger partial charge in [-0.25, -0.2) is 4.98 Å². The lowest BCUT2D eigenvalue weighted by molar-refractivity contribution is -0.127. The zero-order valence-corrected chi connectivity index (χ0v) is 13.1. The molecule has 1 N–H and O–H groups in total. The predicted octanol–water partition coefficient (Wildman–Crippen LogP) is 3.26. The molecule has 1 aromatic rings. The topological polar surface area (TPSA) is 51.2 Å². The van der Waals surface area contributed by atoms with Crippen LogP contribution in [0.3, 0.4) is 0 Å². The Hall–Kier alpha value is -0.650. The maximum absolute atomic E-state index is 12.3. The Bertz CT molecular complexity index is 499. The highest BCUT2D eigenvalue weighted by molar-refractivity contribution is 7.12.